The van der Waals surface area contributed by atoms with Gasteiger partial charge in [-0.05, 0) is 120 Å². The predicted molar refractivity (Wildman–Crippen MR) is 130 cm³/mol. The van der Waals surface area contributed by atoms with E-state index < -0.39 is 0 Å². The smallest absolute Gasteiger partial charge is 0.0663 e. The van der Waals surface area contributed by atoms with Crippen LogP contribution in [0, 0.1) is 56.2 Å². The molecule has 0 aromatic carbocycles. The van der Waals surface area contributed by atoms with Gasteiger partial charge in [0.1, 0.15) is 0 Å². The molecule has 5 aliphatic carbocycles. The molecule has 1 saturated heterocycles. The van der Waals surface area contributed by atoms with Crippen LogP contribution in [0.3, 0.4) is 0 Å². The van der Waals surface area contributed by atoms with E-state index in [0.717, 1.165) is 30.8 Å². The lowest BCUT2D eigenvalue weighted by Gasteiger charge is -2.73. The highest BCUT2D eigenvalue weighted by molar-refractivity contribution is 5.21. The Hall–Kier alpha value is -0.0800. The average Bonchev–Trinajstić information content (AvgIpc) is 3.05. The lowest BCUT2D eigenvalue weighted by atomic mass is 9.31. The summed E-state index contributed by atoms with van der Waals surface area (Å²) in [6.07, 6.45) is 13.7. The first-order valence-electron chi connectivity index (χ1n) is 14.1. The molecule has 2 nitrogen and oxygen atoms in total. The van der Waals surface area contributed by atoms with Crippen molar-refractivity contribution >= 4 is 0 Å². The highest BCUT2D eigenvalue weighted by Crippen LogP contribution is 2.78. The van der Waals surface area contributed by atoms with Crippen LogP contribution in [0.1, 0.15) is 113 Å². The Kier molecular flexibility index (Phi) is 4.46. The van der Waals surface area contributed by atoms with Gasteiger partial charge in [0, 0.05) is 0 Å². The topological polar surface area (TPSA) is 29.5 Å². The molecule has 182 valence electrons. The summed E-state index contributed by atoms with van der Waals surface area (Å²) in [7, 11) is 0. The summed E-state index contributed by atoms with van der Waals surface area (Å²) in [5.74, 6) is 3.11. The van der Waals surface area contributed by atoms with E-state index in [1.165, 1.54) is 57.8 Å². The van der Waals surface area contributed by atoms with Gasteiger partial charge in [0.05, 0.1) is 18.8 Å². The van der Waals surface area contributed by atoms with Crippen molar-refractivity contribution < 1.29 is 9.84 Å². The molecule has 1 N–H and O–H groups in total. The Morgan fingerprint density at radius 1 is 0.688 bits per heavy atom. The quantitative estimate of drug-likeness (QED) is 0.428. The molecule has 6 rings (SSSR count). The van der Waals surface area contributed by atoms with Crippen LogP contribution in [0.15, 0.2) is 0 Å². The number of aliphatic hydroxyl groups excluding tert-OH is 1. The van der Waals surface area contributed by atoms with Crippen molar-refractivity contribution in [2.45, 2.75) is 125 Å². The molecule has 1 aliphatic heterocycles. The van der Waals surface area contributed by atoms with Gasteiger partial charge in [-0.15, -0.1) is 0 Å². The summed E-state index contributed by atoms with van der Waals surface area (Å²) in [5.41, 5.74) is 2.16. The van der Waals surface area contributed by atoms with Crippen molar-refractivity contribution in [2.24, 2.45) is 56.2 Å². The number of hydrogen-bond donors (Lipinski definition) is 1. The van der Waals surface area contributed by atoms with E-state index in [1.807, 2.05) is 0 Å². The van der Waals surface area contributed by atoms with Gasteiger partial charge in [-0.1, -0.05) is 48.5 Å². The molecule has 6 fully saturated rings. The number of ether oxygens (including phenoxy) is 1. The summed E-state index contributed by atoms with van der Waals surface area (Å²) < 4.78 is 6.71. The Morgan fingerprint density at radius 3 is 2.16 bits per heavy atom. The number of hydrogen-bond acceptors (Lipinski definition) is 2. The zero-order valence-electron chi connectivity index (χ0n) is 22.1. The predicted octanol–water partition coefficient (Wildman–Crippen LogP) is 7.24. The van der Waals surface area contributed by atoms with Crippen LogP contribution in [0.5, 0.6) is 0 Å². The Balaban J connectivity index is 1.39. The molecular formula is C30H50O2. The maximum absolute atomic E-state index is 10.9. The standard InChI is InChI=1S/C30H50O2/c1-25(2)14-16-30-17-15-28(6)19(23(30)24(25)32-18-30)8-9-21-27(5)12-11-22(31)26(3,4)20(27)10-13-29(21,28)7/h19-24,31H,8-18H2,1-7H3/t19?,20?,21?,22?,23?,24?,27?,28-,29?,30?/m1/s1. The molecule has 0 aromatic heterocycles. The first-order chi connectivity index (χ1) is 14.8. The van der Waals surface area contributed by atoms with Crippen molar-refractivity contribution in [1.29, 1.82) is 0 Å². The monoisotopic (exact) mass is 442 g/mol. The van der Waals surface area contributed by atoms with Crippen molar-refractivity contribution in [2.75, 3.05) is 6.61 Å². The second kappa shape index (κ2) is 6.37. The van der Waals surface area contributed by atoms with Crippen LogP contribution in [-0.4, -0.2) is 23.9 Å². The van der Waals surface area contributed by atoms with E-state index in [9.17, 15) is 5.11 Å². The van der Waals surface area contributed by atoms with Gasteiger partial charge < -0.3 is 9.84 Å². The van der Waals surface area contributed by atoms with Gasteiger partial charge in [0.2, 0.25) is 0 Å². The zero-order valence-corrected chi connectivity index (χ0v) is 22.1. The summed E-state index contributed by atoms with van der Waals surface area (Å²) in [6, 6.07) is 0. The van der Waals surface area contributed by atoms with E-state index in [1.54, 1.807) is 0 Å². The minimum atomic E-state index is -0.122. The van der Waals surface area contributed by atoms with E-state index >= 15 is 0 Å². The fraction of sp³-hybridized carbons (Fsp3) is 1.00. The van der Waals surface area contributed by atoms with Gasteiger partial charge in [0.15, 0.2) is 0 Å². The Bertz CT molecular complexity index is 801. The zero-order chi connectivity index (χ0) is 22.9. The number of fused-ring (bicyclic) bond motifs is 5. The molecule has 0 radical (unpaired) electrons. The van der Waals surface area contributed by atoms with Crippen LogP contribution in [-0.2, 0) is 4.74 Å². The lowest BCUT2D eigenvalue weighted by molar-refractivity contribution is -0.252. The van der Waals surface area contributed by atoms with Crippen molar-refractivity contribution in [3.05, 3.63) is 0 Å². The van der Waals surface area contributed by atoms with E-state index in [2.05, 4.69) is 48.5 Å². The molecule has 2 heteroatoms. The number of rotatable bonds is 0. The third-order valence-corrected chi connectivity index (χ3v) is 14.1. The first kappa shape index (κ1) is 22.4. The molecule has 9 unspecified atom stereocenters. The lowest BCUT2D eigenvalue weighted by Crippen LogP contribution is -2.67. The molecule has 0 spiro atoms. The normalized spacial score (nSPS) is 60.0. The minimum absolute atomic E-state index is 0.0586. The third-order valence-electron chi connectivity index (χ3n) is 14.1. The summed E-state index contributed by atoms with van der Waals surface area (Å²) in [6.45, 7) is 18.9. The molecule has 10 atom stereocenters. The average molecular weight is 443 g/mol. The molecule has 0 amide bonds. The van der Waals surface area contributed by atoms with Gasteiger partial charge in [-0.3, -0.25) is 0 Å². The summed E-state index contributed by atoms with van der Waals surface area (Å²) in [5, 5.41) is 10.9. The van der Waals surface area contributed by atoms with Crippen LogP contribution in [0.2, 0.25) is 0 Å². The number of aliphatic hydroxyl groups is 1. The molecule has 0 aromatic rings. The van der Waals surface area contributed by atoms with Gasteiger partial charge in [0.25, 0.3) is 0 Å². The second-order valence-corrected chi connectivity index (χ2v) is 15.7. The van der Waals surface area contributed by atoms with Gasteiger partial charge in [-0.2, -0.15) is 0 Å². The molecular weight excluding hydrogens is 392 g/mol. The molecule has 6 aliphatic rings. The fourth-order valence-corrected chi connectivity index (χ4v) is 12.0. The Labute approximate surface area is 197 Å². The maximum atomic E-state index is 10.9. The van der Waals surface area contributed by atoms with Crippen molar-refractivity contribution in [3.63, 3.8) is 0 Å². The highest BCUT2D eigenvalue weighted by atomic mass is 16.5. The summed E-state index contributed by atoms with van der Waals surface area (Å²) >= 11 is 0. The molecule has 32 heavy (non-hydrogen) atoms. The second-order valence-electron chi connectivity index (χ2n) is 15.7. The van der Waals surface area contributed by atoms with E-state index in [4.69, 9.17) is 4.74 Å². The van der Waals surface area contributed by atoms with Crippen LogP contribution in [0.4, 0.5) is 0 Å². The third kappa shape index (κ3) is 2.41. The van der Waals surface area contributed by atoms with Crippen LogP contribution >= 0.6 is 0 Å². The maximum Gasteiger partial charge on any atom is 0.0663 e. The highest BCUT2D eigenvalue weighted by Gasteiger charge is 2.72. The molecule has 5 saturated carbocycles. The summed E-state index contributed by atoms with van der Waals surface area (Å²) in [4.78, 5) is 0. The SMILES string of the molecule is CC1(C)CCC23CC[C@]4(C)C(CCC5C6(C)CCC(O)C(C)(C)C6CCC54C)C2C1OC3. The van der Waals surface area contributed by atoms with Gasteiger partial charge >= 0.3 is 0 Å². The largest absolute Gasteiger partial charge is 0.393 e. The van der Waals surface area contributed by atoms with Crippen molar-refractivity contribution in [1.82, 2.24) is 0 Å². The van der Waals surface area contributed by atoms with E-state index in [0.29, 0.717) is 39.1 Å². The van der Waals surface area contributed by atoms with Crippen LogP contribution in [0.25, 0.3) is 0 Å². The van der Waals surface area contributed by atoms with Crippen molar-refractivity contribution in [3.8, 4) is 0 Å². The first-order valence-corrected chi connectivity index (χ1v) is 14.1. The van der Waals surface area contributed by atoms with Crippen LogP contribution < -0.4 is 0 Å². The van der Waals surface area contributed by atoms with E-state index in [-0.39, 0.29) is 11.5 Å². The molecule has 1 heterocycles. The van der Waals surface area contributed by atoms with Gasteiger partial charge in [-0.25, -0.2) is 0 Å². The fourth-order valence-electron chi connectivity index (χ4n) is 12.0. The molecule has 2 bridgehead atoms. The minimum Gasteiger partial charge on any atom is -0.393 e. The Morgan fingerprint density at radius 2 is 1.41 bits per heavy atom.